The fourth-order valence-corrected chi connectivity index (χ4v) is 1.78. The van der Waals surface area contributed by atoms with E-state index in [1.54, 1.807) is 11.8 Å². The average molecular weight is 381 g/mol. The molecule has 0 saturated carbocycles. The number of hydrogen-bond donors (Lipinski definition) is 2. The van der Waals surface area contributed by atoms with Gasteiger partial charge in [-0.1, -0.05) is 13.8 Å². The highest BCUT2D eigenvalue weighted by Crippen LogP contribution is 2.22. The maximum absolute atomic E-state index is 5.77. The molecule has 0 aliphatic rings. The molecule has 19 heavy (non-hydrogen) atoms. The first kappa shape index (κ1) is 18.0. The summed E-state index contributed by atoms with van der Waals surface area (Å²) in [6.07, 6.45) is 1.87. The molecule has 0 atom stereocenters. The van der Waals surface area contributed by atoms with Crippen molar-refractivity contribution in [3.05, 3.63) is 11.3 Å². The first-order chi connectivity index (χ1) is 8.63. The molecule has 0 amide bonds. The number of ether oxygens (including phenoxy) is 1. The van der Waals surface area contributed by atoms with Gasteiger partial charge < -0.3 is 15.8 Å². The lowest BCUT2D eigenvalue weighted by Gasteiger charge is -2.05. The molecule has 0 unspecified atom stereocenters. The zero-order chi connectivity index (χ0) is 13.5. The van der Waals surface area contributed by atoms with Crippen LogP contribution in [0.1, 0.15) is 31.5 Å². The second kappa shape index (κ2) is 9.00. The summed E-state index contributed by atoms with van der Waals surface area (Å²) in [6, 6.07) is 0. The molecule has 0 saturated heterocycles. The van der Waals surface area contributed by atoms with Crippen LogP contribution in [0.4, 0.5) is 0 Å². The van der Waals surface area contributed by atoms with Crippen LogP contribution in [-0.4, -0.2) is 29.4 Å². The zero-order valence-electron chi connectivity index (χ0n) is 12.1. The molecule has 7 heteroatoms. The van der Waals surface area contributed by atoms with Crippen molar-refractivity contribution in [3.63, 3.8) is 0 Å². The molecule has 0 aliphatic carbocycles. The fraction of sp³-hybridized carbons (Fsp3) is 0.667. The topological polar surface area (TPSA) is 77.5 Å². The number of aryl methyl sites for hydroxylation is 2. The Morgan fingerprint density at radius 1 is 1.47 bits per heavy atom. The average Bonchev–Trinajstić information content (AvgIpc) is 2.69. The van der Waals surface area contributed by atoms with Crippen LogP contribution in [0, 0.1) is 0 Å². The first-order valence-electron chi connectivity index (χ1n) is 6.26. The molecule has 110 valence electrons. The van der Waals surface area contributed by atoms with E-state index >= 15 is 0 Å². The van der Waals surface area contributed by atoms with Gasteiger partial charge in [0.15, 0.2) is 5.96 Å². The Kier molecular flexibility index (Phi) is 8.53. The van der Waals surface area contributed by atoms with E-state index in [4.69, 9.17) is 10.5 Å². The van der Waals surface area contributed by atoms with Crippen LogP contribution in [0.5, 0.6) is 5.88 Å². The Morgan fingerprint density at radius 3 is 2.68 bits per heavy atom. The minimum Gasteiger partial charge on any atom is -0.481 e. The van der Waals surface area contributed by atoms with Gasteiger partial charge >= 0.3 is 0 Å². The van der Waals surface area contributed by atoms with Crippen LogP contribution in [-0.2, 0) is 20.0 Å². The number of aliphatic imine (C=N–C) groups is 1. The molecule has 0 spiro atoms. The number of hydrogen-bond acceptors (Lipinski definition) is 3. The van der Waals surface area contributed by atoms with Crippen molar-refractivity contribution in [1.29, 1.82) is 0 Å². The van der Waals surface area contributed by atoms with Crippen LogP contribution in [0.25, 0.3) is 0 Å². The quantitative estimate of drug-likeness (QED) is 0.444. The summed E-state index contributed by atoms with van der Waals surface area (Å²) < 4.78 is 7.08. The van der Waals surface area contributed by atoms with Crippen molar-refractivity contribution < 1.29 is 4.74 Å². The number of rotatable bonds is 6. The van der Waals surface area contributed by atoms with E-state index < -0.39 is 0 Å². The van der Waals surface area contributed by atoms with Crippen LogP contribution in [0.2, 0.25) is 0 Å². The fourth-order valence-electron chi connectivity index (χ4n) is 1.78. The van der Waals surface area contributed by atoms with Gasteiger partial charge in [-0.15, -0.1) is 24.0 Å². The van der Waals surface area contributed by atoms with Crippen molar-refractivity contribution in [2.45, 2.75) is 33.2 Å². The van der Waals surface area contributed by atoms with E-state index in [-0.39, 0.29) is 24.0 Å². The lowest BCUT2D eigenvalue weighted by atomic mass is 10.2. The van der Waals surface area contributed by atoms with Crippen molar-refractivity contribution in [2.75, 3.05) is 13.7 Å². The number of guanidine groups is 1. The summed E-state index contributed by atoms with van der Waals surface area (Å²) in [4.78, 5) is 4.31. The van der Waals surface area contributed by atoms with Gasteiger partial charge in [-0.05, 0) is 12.8 Å². The number of nitrogens with zero attached hydrogens (tertiary/aromatic N) is 3. The second-order valence-corrected chi connectivity index (χ2v) is 4.04. The monoisotopic (exact) mass is 381 g/mol. The van der Waals surface area contributed by atoms with Gasteiger partial charge in [0.2, 0.25) is 5.88 Å². The third-order valence-corrected chi connectivity index (χ3v) is 2.66. The molecular formula is C12H24IN5O. The number of nitrogens with two attached hydrogens (primary N) is 1. The van der Waals surface area contributed by atoms with Crippen LogP contribution in [0.15, 0.2) is 4.99 Å². The predicted molar refractivity (Wildman–Crippen MR) is 88.2 cm³/mol. The standard InChI is InChI=1S/C12H23N5O.HI/c1-5-7-14-12(13)15-8-9-10(6-2)16-17(3)11(9)18-4;/h5-8H2,1-4H3,(H3,13,14,15);1H. The van der Waals surface area contributed by atoms with E-state index in [2.05, 4.69) is 29.3 Å². The predicted octanol–water partition coefficient (Wildman–Crippen LogP) is 1.42. The van der Waals surface area contributed by atoms with Gasteiger partial charge in [-0.25, -0.2) is 9.67 Å². The molecule has 6 nitrogen and oxygen atoms in total. The molecule has 1 heterocycles. The SMILES string of the molecule is CCCNC(N)=NCc1c(CC)nn(C)c1OC.I. The number of methoxy groups -OCH3 is 1. The molecule has 0 fully saturated rings. The summed E-state index contributed by atoms with van der Waals surface area (Å²) in [6.45, 7) is 5.47. The Morgan fingerprint density at radius 2 is 2.16 bits per heavy atom. The van der Waals surface area contributed by atoms with Crippen molar-refractivity contribution in [3.8, 4) is 5.88 Å². The van der Waals surface area contributed by atoms with Crippen molar-refractivity contribution in [2.24, 2.45) is 17.8 Å². The lowest BCUT2D eigenvalue weighted by molar-refractivity contribution is 0.369. The van der Waals surface area contributed by atoms with Crippen LogP contribution in [0.3, 0.4) is 0 Å². The largest absolute Gasteiger partial charge is 0.481 e. The minimum atomic E-state index is 0. The first-order valence-corrected chi connectivity index (χ1v) is 6.26. The number of nitrogens with one attached hydrogen (secondary N) is 1. The number of aromatic nitrogens is 2. The highest BCUT2D eigenvalue weighted by molar-refractivity contribution is 14.0. The number of halogens is 1. The highest BCUT2D eigenvalue weighted by Gasteiger charge is 2.14. The highest BCUT2D eigenvalue weighted by atomic mass is 127. The van der Waals surface area contributed by atoms with E-state index in [1.807, 2.05) is 7.05 Å². The van der Waals surface area contributed by atoms with Gasteiger partial charge in [0.05, 0.1) is 24.9 Å². The van der Waals surface area contributed by atoms with E-state index in [0.29, 0.717) is 12.5 Å². The van der Waals surface area contributed by atoms with Crippen molar-refractivity contribution in [1.82, 2.24) is 15.1 Å². The molecule has 0 aliphatic heterocycles. The van der Waals surface area contributed by atoms with Gasteiger partial charge in [0, 0.05) is 13.6 Å². The van der Waals surface area contributed by atoms with Crippen molar-refractivity contribution >= 4 is 29.9 Å². The van der Waals surface area contributed by atoms with E-state index in [0.717, 1.165) is 36.5 Å². The second-order valence-electron chi connectivity index (χ2n) is 4.04. The molecule has 1 aromatic heterocycles. The third kappa shape index (κ3) is 4.88. The Balaban J connectivity index is 0.00000324. The summed E-state index contributed by atoms with van der Waals surface area (Å²) >= 11 is 0. The molecule has 1 rings (SSSR count). The molecule has 0 bridgehead atoms. The smallest absolute Gasteiger partial charge is 0.216 e. The minimum absolute atomic E-state index is 0. The molecule has 0 aromatic carbocycles. The summed E-state index contributed by atoms with van der Waals surface area (Å²) in [5.74, 6) is 1.21. The maximum atomic E-state index is 5.77. The third-order valence-electron chi connectivity index (χ3n) is 2.66. The van der Waals surface area contributed by atoms with Crippen LogP contribution < -0.4 is 15.8 Å². The molecule has 3 N–H and O–H groups in total. The molecular weight excluding hydrogens is 357 g/mol. The lowest BCUT2D eigenvalue weighted by Crippen LogP contribution is -2.32. The Labute approximate surface area is 131 Å². The molecule has 1 aromatic rings. The zero-order valence-corrected chi connectivity index (χ0v) is 14.4. The van der Waals surface area contributed by atoms with Gasteiger partial charge in [0.1, 0.15) is 0 Å². The van der Waals surface area contributed by atoms with E-state index in [1.165, 1.54) is 0 Å². The summed E-state index contributed by atoms with van der Waals surface area (Å²) in [5, 5.41) is 7.45. The Bertz CT molecular complexity index is 416. The van der Waals surface area contributed by atoms with E-state index in [9.17, 15) is 0 Å². The summed E-state index contributed by atoms with van der Waals surface area (Å²) in [7, 11) is 3.51. The van der Waals surface area contributed by atoms with Crippen LogP contribution >= 0.6 is 24.0 Å². The van der Waals surface area contributed by atoms with Gasteiger partial charge in [0.25, 0.3) is 0 Å². The normalized spacial score (nSPS) is 11.1. The maximum Gasteiger partial charge on any atom is 0.216 e. The van der Waals surface area contributed by atoms with Gasteiger partial charge in [-0.2, -0.15) is 5.10 Å². The summed E-state index contributed by atoms with van der Waals surface area (Å²) in [5.41, 5.74) is 7.77. The Hall–Kier alpha value is -0.990. The molecule has 0 radical (unpaired) electrons. The van der Waals surface area contributed by atoms with Gasteiger partial charge in [-0.3, -0.25) is 0 Å².